The lowest BCUT2D eigenvalue weighted by atomic mass is 10.1. The molecule has 0 spiro atoms. The van der Waals surface area contributed by atoms with Crippen LogP contribution in [0.15, 0.2) is 75.6 Å². The summed E-state index contributed by atoms with van der Waals surface area (Å²) in [6.45, 7) is 4.30. The minimum absolute atomic E-state index is 0.0261. The Hall–Kier alpha value is -3.69. The molecule has 9 heteroatoms. The van der Waals surface area contributed by atoms with Gasteiger partial charge in [0.1, 0.15) is 0 Å². The number of hydrogen-bond acceptors (Lipinski definition) is 7. The molecule has 0 radical (unpaired) electrons. The summed E-state index contributed by atoms with van der Waals surface area (Å²) in [5.41, 5.74) is 7.57. The highest BCUT2D eigenvalue weighted by molar-refractivity contribution is 9.10. The van der Waals surface area contributed by atoms with E-state index in [1.54, 1.807) is 18.2 Å². The number of aromatic nitrogens is 1. The second kappa shape index (κ2) is 11.2. The van der Waals surface area contributed by atoms with Crippen LogP contribution in [0.3, 0.4) is 0 Å². The number of thiazole rings is 1. The topological polar surface area (TPSA) is 95.8 Å². The largest absolute Gasteiger partial charge is 0.504 e. The van der Waals surface area contributed by atoms with Gasteiger partial charge in [-0.05, 0) is 66.2 Å². The van der Waals surface area contributed by atoms with Gasteiger partial charge in [0.2, 0.25) is 0 Å². The predicted octanol–water partition coefficient (Wildman–Crippen LogP) is 6.49. The summed E-state index contributed by atoms with van der Waals surface area (Å²) in [5, 5.41) is 20.0. The molecule has 0 bridgehead atoms. The van der Waals surface area contributed by atoms with Crippen LogP contribution in [0.1, 0.15) is 28.4 Å². The van der Waals surface area contributed by atoms with E-state index in [-0.39, 0.29) is 11.7 Å². The smallest absolute Gasteiger partial charge is 0.271 e. The van der Waals surface area contributed by atoms with Crippen molar-refractivity contribution in [1.29, 1.82) is 0 Å². The van der Waals surface area contributed by atoms with Crippen LogP contribution in [0.4, 0.5) is 10.8 Å². The summed E-state index contributed by atoms with van der Waals surface area (Å²) in [6, 6.07) is 18.5. The molecule has 1 amide bonds. The number of aryl methyl sites for hydroxylation is 1. The van der Waals surface area contributed by atoms with Crippen molar-refractivity contribution in [2.45, 2.75) is 13.8 Å². The van der Waals surface area contributed by atoms with Crippen molar-refractivity contribution >= 4 is 50.2 Å². The minimum Gasteiger partial charge on any atom is -0.504 e. The quantitative estimate of drug-likeness (QED) is 0.172. The van der Waals surface area contributed by atoms with Gasteiger partial charge in [-0.15, -0.1) is 11.3 Å². The molecule has 0 unspecified atom stereocenters. The fraction of sp³-hybridized carbons (Fsp3) is 0.115. The first-order valence-corrected chi connectivity index (χ1v) is 12.5. The summed E-state index contributed by atoms with van der Waals surface area (Å²) < 4.78 is 6.01. The van der Waals surface area contributed by atoms with Gasteiger partial charge in [0.25, 0.3) is 5.91 Å². The molecule has 1 heterocycles. The number of nitrogens with one attached hydrogen (secondary N) is 2. The fourth-order valence-electron chi connectivity index (χ4n) is 3.17. The highest BCUT2D eigenvalue weighted by Gasteiger charge is 2.10. The maximum absolute atomic E-state index is 12.5. The first-order chi connectivity index (χ1) is 16.9. The molecule has 3 N–H and O–H groups in total. The number of hydrogen-bond donors (Lipinski definition) is 3. The van der Waals surface area contributed by atoms with E-state index in [1.807, 2.05) is 48.7 Å². The van der Waals surface area contributed by atoms with Crippen LogP contribution < -0.4 is 15.5 Å². The van der Waals surface area contributed by atoms with Crippen LogP contribution in [0, 0.1) is 6.92 Å². The number of anilines is 2. The molecular weight excluding hydrogens is 528 g/mol. The van der Waals surface area contributed by atoms with E-state index in [2.05, 4.69) is 43.7 Å². The van der Waals surface area contributed by atoms with Gasteiger partial charge in [-0.3, -0.25) is 4.79 Å². The normalized spacial score (nSPS) is 10.9. The lowest BCUT2D eigenvalue weighted by molar-refractivity contribution is 0.0955. The van der Waals surface area contributed by atoms with Crippen molar-refractivity contribution < 1.29 is 14.6 Å². The third-order valence-electron chi connectivity index (χ3n) is 5.00. The van der Waals surface area contributed by atoms with Crippen molar-refractivity contribution in [2.75, 3.05) is 11.9 Å². The molecule has 0 aliphatic rings. The van der Waals surface area contributed by atoms with Crippen molar-refractivity contribution in [3.63, 3.8) is 0 Å². The molecule has 0 saturated heterocycles. The maximum Gasteiger partial charge on any atom is 0.271 e. The summed E-state index contributed by atoms with van der Waals surface area (Å²) >= 11 is 4.89. The molecule has 35 heavy (non-hydrogen) atoms. The number of amides is 1. The van der Waals surface area contributed by atoms with Gasteiger partial charge >= 0.3 is 0 Å². The first-order valence-electron chi connectivity index (χ1n) is 10.8. The third kappa shape index (κ3) is 6.26. The Morgan fingerprint density at radius 1 is 1.17 bits per heavy atom. The number of phenols is 1. The van der Waals surface area contributed by atoms with Gasteiger partial charge in [-0.25, -0.2) is 10.4 Å². The molecule has 178 valence electrons. The average molecular weight is 551 g/mol. The molecule has 7 nitrogen and oxygen atoms in total. The van der Waals surface area contributed by atoms with Crippen LogP contribution in [0.2, 0.25) is 0 Å². The molecule has 1 aromatic heterocycles. The van der Waals surface area contributed by atoms with E-state index in [9.17, 15) is 9.90 Å². The Morgan fingerprint density at radius 3 is 2.63 bits per heavy atom. The maximum atomic E-state index is 12.5. The van der Waals surface area contributed by atoms with Crippen LogP contribution in [0.5, 0.6) is 11.5 Å². The Kier molecular flexibility index (Phi) is 7.79. The van der Waals surface area contributed by atoms with Crippen molar-refractivity contribution in [2.24, 2.45) is 5.10 Å². The lowest BCUT2D eigenvalue weighted by Gasteiger charge is -2.08. The summed E-state index contributed by atoms with van der Waals surface area (Å²) in [7, 11) is 0. The van der Waals surface area contributed by atoms with Gasteiger partial charge in [0.15, 0.2) is 16.6 Å². The molecule has 0 atom stereocenters. The summed E-state index contributed by atoms with van der Waals surface area (Å²) in [5.74, 6) is 0.0317. The molecule has 4 aromatic rings. The Bertz CT molecular complexity index is 1350. The van der Waals surface area contributed by atoms with Crippen LogP contribution in [-0.4, -0.2) is 28.8 Å². The van der Waals surface area contributed by atoms with Gasteiger partial charge in [0.05, 0.1) is 18.5 Å². The van der Waals surface area contributed by atoms with Gasteiger partial charge in [-0.2, -0.15) is 5.10 Å². The van der Waals surface area contributed by atoms with Gasteiger partial charge in [-0.1, -0.05) is 29.8 Å². The Morgan fingerprint density at radius 2 is 1.91 bits per heavy atom. The number of carbonyl (C=O) groups excluding carboxylic acids is 1. The molecular formula is C26H23BrN4O3S. The number of ether oxygens (including phenoxy) is 1. The number of hydrazone groups is 1. The Balaban J connectivity index is 1.38. The van der Waals surface area contributed by atoms with Crippen LogP contribution >= 0.6 is 27.3 Å². The minimum atomic E-state index is -0.340. The number of nitrogens with zero attached hydrogens (tertiary/aromatic N) is 2. The molecule has 4 rings (SSSR count). The number of carbonyl (C=O) groups is 1. The number of halogens is 1. The Labute approximate surface area is 215 Å². The fourth-order valence-corrected chi connectivity index (χ4v) is 4.34. The van der Waals surface area contributed by atoms with Crippen molar-refractivity contribution in [1.82, 2.24) is 10.4 Å². The number of rotatable bonds is 8. The number of aromatic hydroxyl groups is 1. The van der Waals surface area contributed by atoms with Crippen LogP contribution in [-0.2, 0) is 0 Å². The molecule has 3 aromatic carbocycles. The zero-order valence-corrected chi connectivity index (χ0v) is 21.5. The van der Waals surface area contributed by atoms with Crippen molar-refractivity contribution in [3.05, 3.63) is 87.2 Å². The zero-order valence-electron chi connectivity index (χ0n) is 19.1. The van der Waals surface area contributed by atoms with Gasteiger partial charge < -0.3 is 15.2 Å². The first kappa shape index (κ1) is 24.4. The third-order valence-corrected chi connectivity index (χ3v) is 6.44. The molecule has 0 fully saturated rings. The molecule has 0 saturated carbocycles. The van der Waals surface area contributed by atoms with E-state index in [1.165, 1.54) is 29.2 Å². The van der Waals surface area contributed by atoms with Crippen molar-refractivity contribution in [3.8, 4) is 22.8 Å². The average Bonchev–Trinajstić information content (AvgIpc) is 3.32. The van der Waals surface area contributed by atoms with E-state index in [0.717, 1.165) is 22.1 Å². The van der Waals surface area contributed by atoms with E-state index < -0.39 is 0 Å². The highest BCUT2D eigenvalue weighted by atomic mass is 79.9. The standard InChI is InChI=1S/C26H23BrN4O3S/c1-3-34-24-12-19(21(27)13-23(24)32)14-28-31-25(33)18-8-6-17(7-9-18)22-15-35-26(30-22)29-20-10-4-16(2)5-11-20/h4-15,32H,3H2,1-2H3,(H,29,30)(H,31,33)/b28-14-. The SMILES string of the molecule is CCOc1cc(/C=N\NC(=O)c2ccc(-c3csc(Nc4ccc(C)cc4)n3)cc2)c(Br)cc1O. The zero-order chi connectivity index (χ0) is 24.8. The van der Waals surface area contributed by atoms with E-state index >= 15 is 0 Å². The summed E-state index contributed by atoms with van der Waals surface area (Å²) in [6.07, 6.45) is 1.48. The lowest BCUT2D eigenvalue weighted by Crippen LogP contribution is -2.17. The second-order valence-electron chi connectivity index (χ2n) is 7.58. The molecule has 0 aliphatic carbocycles. The monoisotopic (exact) mass is 550 g/mol. The molecule has 0 aliphatic heterocycles. The number of phenolic OH excluding ortho intramolecular Hbond substituents is 1. The van der Waals surface area contributed by atoms with E-state index in [4.69, 9.17) is 4.74 Å². The predicted molar refractivity (Wildman–Crippen MR) is 144 cm³/mol. The second-order valence-corrected chi connectivity index (χ2v) is 9.29. The van der Waals surface area contributed by atoms with Gasteiger partial charge in [0, 0.05) is 32.2 Å². The highest BCUT2D eigenvalue weighted by Crippen LogP contribution is 2.32. The van der Waals surface area contributed by atoms with Crippen LogP contribution in [0.25, 0.3) is 11.3 Å². The van der Waals surface area contributed by atoms with E-state index in [0.29, 0.717) is 28.0 Å². The number of benzene rings is 3. The summed E-state index contributed by atoms with van der Waals surface area (Å²) in [4.78, 5) is 17.1.